The number of aromatic nitrogens is 3. The lowest BCUT2D eigenvalue weighted by Crippen LogP contribution is -2.28. The van der Waals surface area contributed by atoms with E-state index in [1.54, 1.807) is 0 Å². The minimum atomic E-state index is 0.846. The van der Waals surface area contributed by atoms with Crippen molar-refractivity contribution in [3.63, 3.8) is 0 Å². The zero-order valence-electron chi connectivity index (χ0n) is 20.0. The molecule has 0 amide bonds. The molecule has 5 nitrogen and oxygen atoms in total. The number of nitrogens with one attached hydrogen (secondary N) is 1. The van der Waals surface area contributed by atoms with E-state index >= 15 is 0 Å². The number of pyridine rings is 1. The van der Waals surface area contributed by atoms with Gasteiger partial charge in [0.25, 0.3) is 0 Å². The quantitative estimate of drug-likeness (QED) is 0.295. The molecule has 1 fully saturated rings. The van der Waals surface area contributed by atoms with Crippen LogP contribution in [-0.2, 0) is 6.42 Å². The maximum absolute atomic E-state index is 4.86. The molecule has 0 unspecified atom stereocenters. The van der Waals surface area contributed by atoms with Crippen LogP contribution in [0.4, 0.5) is 5.82 Å². The summed E-state index contributed by atoms with van der Waals surface area (Å²) < 4.78 is 0. The Labute approximate surface area is 202 Å². The van der Waals surface area contributed by atoms with Crippen LogP contribution in [0.1, 0.15) is 44.3 Å². The van der Waals surface area contributed by atoms with E-state index in [-0.39, 0.29) is 0 Å². The molecule has 2 aromatic heterocycles. The summed E-state index contributed by atoms with van der Waals surface area (Å²) in [5.41, 5.74) is 1.05. The van der Waals surface area contributed by atoms with Crippen molar-refractivity contribution in [1.29, 1.82) is 0 Å². The van der Waals surface area contributed by atoms with Gasteiger partial charge >= 0.3 is 0 Å². The van der Waals surface area contributed by atoms with Crippen LogP contribution in [0.2, 0.25) is 0 Å². The molecule has 1 N–H and O–H groups in total. The Morgan fingerprint density at radius 3 is 2.52 bits per heavy atom. The first-order chi connectivity index (χ1) is 16.2. The second-order valence-corrected chi connectivity index (χ2v) is 10.6. The Bertz CT molecular complexity index is 986. The molecular formula is C27H37N5S. The predicted octanol–water partition coefficient (Wildman–Crippen LogP) is 5.60. The van der Waals surface area contributed by atoms with Crippen molar-refractivity contribution < 1.29 is 0 Å². The average molecular weight is 464 g/mol. The highest BCUT2D eigenvalue weighted by Crippen LogP contribution is 2.32. The number of nitrogens with zero attached hydrogens (tertiary/aromatic N) is 4. The minimum Gasteiger partial charge on any atom is -0.362 e. The highest BCUT2D eigenvalue weighted by molar-refractivity contribution is 7.99. The number of hydrogen-bond donors (Lipinski definition) is 1. The molecule has 176 valence electrons. The first-order valence-electron chi connectivity index (χ1n) is 12.4. The third-order valence-electron chi connectivity index (χ3n) is 6.66. The Kier molecular flexibility index (Phi) is 8.95. The molecule has 6 heteroatoms. The number of thioether (sulfide) groups is 1. The second-order valence-electron chi connectivity index (χ2n) is 9.39. The fourth-order valence-electron chi connectivity index (χ4n) is 4.81. The van der Waals surface area contributed by atoms with Crippen molar-refractivity contribution >= 4 is 28.5 Å². The topological polar surface area (TPSA) is 53.9 Å². The zero-order valence-corrected chi connectivity index (χ0v) is 20.9. The van der Waals surface area contributed by atoms with Crippen LogP contribution in [-0.4, -0.2) is 47.9 Å². The molecule has 1 saturated carbocycles. The number of benzene rings is 1. The number of aryl methyl sites for hydroxylation is 1. The molecule has 0 saturated heterocycles. The van der Waals surface area contributed by atoms with E-state index in [1.807, 2.05) is 24.2 Å². The summed E-state index contributed by atoms with van der Waals surface area (Å²) in [5, 5.41) is 4.81. The maximum atomic E-state index is 4.86. The van der Waals surface area contributed by atoms with E-state index in [2.05, 4.69) is 65.7 Å². The first-order valence-corrected chi connectivity index (χ1v) is 13.3. The van der Waals surface area contributed by atoms with Crippen LogP contribution in [0.3, 0.4) is 0 Å². The zero-order chi connectivity index (χ0) is 22.9. The van der Waals surface area contributed by atoms with Crippen LogP contribution < -0.4 is 10.2 Å². The fraction of sp³-hybridized carbons (Fsp3) is 0.519. The molecule has 1 aromatic carbocycles. The highest BCUT2D eigenvalue weighted by Gasteiger charge is 2.21. The van der Waals surface area contributed by atoms with Crippen molar-refractivity contribution in [3.05, 3.63) is 54.6 Å². The number of fused-ring (bicyclic) bond motifs is 1. The standard InChI is InChI=1S/C27H37N5S/c1-32(2)27-24-7-3-4-8-25(24)30-26(31-27)9-5-6-21-10-12-22(13-11-21)20-29-18-19-33-23-14-16-28-17-15-23/h3-4,7-8,14-17,21-22,29H,5-6,9-13,18-20H2,1-2H3. The molecule has 0 spiro atoms. The van der Waals surface area contributed by atoms with Gasteiger partial charge in [0.2, 0.25) is 0 Å². The van der Waals surface area contributed by atoms with Gasteiger partial charge in [-0.15, -0.1) is 11.8 Å². The van der Waals surface area contributed by atoms with Crippen LogP contribution in [0.15, 0.2) is 53.7 Å². The fourth-order valence-corrected chi connectivity index (χ4v) is 5.61. The molecule has 0 atom stereocenters. The summed E-state index contributed by atoms with van der Waals surface area (Å²) >= 11 is 1.90. The molecule has 0 bridgehead atoms. The molecular weight excluding hydrogens is 426 g/mol. The average Bonchev–Trinajstić information content (AvgIpc) is 2.85. The van der Waals surface area contributed by atoms with Crippen LogP contribution in [0, 0.1) is 11.8 Å². The molecule has 1 aliphatic rings. The molecule has 0 aliphatic heterocycles. The van der Waals surface area contributed by atoms with Gasteiger partial charge in [0.1, 0.15) is 11.6 Å². The highest BCUT2D eigenvalue weighted by atomic mass is 32.2. The lowest BCUT2D eigenvalue weighted by molar-refractivity contribution is 0.255. The van der Waals surface area contributed by atoms with Gasteiger partial charge in [-0.2, -0.15) is 0 Å². The van der Waals surface area contributed by atoms with Crippen LogP contribution >= 0.6 is 11.8 Å². The van der Waals surface area contributed by atoms with E-state index in [9.17, 15) is 0 Å². The maximum Gasteiger partial charge on any atom is 0.139 e. The largest absolute Gasteiger partial charge is 0.362 e. The molecule has 3 aromatic rings. The van der Waals surface area contributed by atoms with Crippen molar-refractivity contribution in [2.24, 2.45) is 11.8 Å². The summed E-state index contributed by atoms with van der Waals surface area (Å²) in [4.78, 5) is 17.2. The smallest absolute Gasteiger partial charge is 0.139 e. The lowest BCUT2D eigenvalue weighted by Gasteiger charge is -2.28. The molecule has 2 heterocycles. The first kappa shape index (κ1) is 24.0. The minimum absolute atomic E-state index is 0.846. The lowest BCUT2D eigenvalue weighted by atomic mass is 9.80. The summed E-state index contributed by atoms with van der Waals surface area (Å²) in [6.07, 6.45) is 12.7. The van der Waals surface area contributed by atoms with Gasteiger partial charge in [0.15, 0.2) is 0 Å². The molecule has 1 aliphatic carbocycles. The van der Waals surface area contributed by atoms with E-state index in [0.717, 1.165) is 53.1 Å². The van der Waals surface area contributed by atoms with Gasteiger partial charge in [0.05, 0.1) is 5.52 Å². The van der Waals surface area contributed by atoms with Gasteiger partial charge in [-0.1, -0.05) is 31.4 Å². The SMILES string of the molecule is CN(C)c1nc(CCCC2CCC(CNCCSc3ccncc3)CC2)nc2ccccc12. The summed E-state index contributed by atoms with van der Waals surface area (Å²) in [7, 11) is 4.12. The Morgan fingerprint density at radius 2 is 1.73 bits per heavy atom. The number of hydrogen-bond acceptors (Lipinski definition) is 6. The van der Waals surface area contributed by atoms with Gasteiger partial charge in [-0.3, -0.25) is 4.98 Å². The van der Waals surface area contributed by atoms with Gasteiger partial charge in [-0.05, 0) is 61.9 Å². The van der Waals surface area contributed by atoms with Crippen molar-refractivity contribution in [1.82, 2.24) is 20.3 Å². The van der Waals surface area contributed by atoms with E-state index in [1.165, 1.54) is 50.0 Å². The monoisotopic (exact) mass is 463 g/mol. The number of para-hydroxylation sites is 1. The summed E-state index contributed by atoms with van der Waals surface area (Å²) in [6.45, 7) is 2.25. The Balaban J connectivity index is 1.13. The van der Waals surface area contributed by atoms with Crippen LogP contribution in [0.5, 0.6) is 0 Å². The van der Waals surface area contributed by atoms with E-state index in [0.29, 0.717) is 0 Å². The van der Waals surface area contributed by atoms with Crippen molar-refractivity contribution in [2.75, 3.05) is 37.8 Å². The third kappa shape index (κ3) is 7.15. The second kappa shape index (κ2) is 12.3. The van der Waals surface area contributed by atoms with Gasteiger partial charge < -0.3 is 10.2 Å². The predicted molar refractivity (Wildman–Crippen MR) is 140 cm³/mol. The molecule has 0 radical (unpaired) electrons. The van der Waals surface area contributed by atoms with Gasteiger partial charge in [-0.25, -0.2) is 9.97 Å². The Morgan fingerprint density at radius 1 is 0.970 bits per heavy atom. The molecule has 33 heavy (non-hydrogen) atoms. The number of rotatable bonds is 11. The summed E-state index contributed by atoms with van der Waals surface area (Å²) in [6, 6.07) is 12.5. The van der Waals surface area contributed by atoms with Crippen LogP contribution in [0.25, 0.3) is 10.9 Å². The Hall–Kier alpha value is -2.18. The summed E-state index contributed by atoms with van der Waals surface area (Å²) in [5.74, 6) is 4.85. The van der Waals surface area contributed by atoms with Crippen molar-refractivity contribution in [3.8, 4) is 0 Å². The van der Waals surface area contributed by atoms with E-state index < -0.39 is 0 Å². The number of anilines is 1. The third-order valence-corrected chi connectivity index (χ3v) is 7.68. The van der Waals surface area contributed by atoms with Gasteiger partial charge in [0, 0.05) is 55.5 Å². The van der Waals surface area contributed by atoms with E-state index in [4.69, 9.17) is 9.97 Å². The normalized spacial score (nSPS) is 18.5. The van der Waals surface area contributed by atoms with Crippen molar-refractivity contribution in [2.45, 2.75) is 49.8 Å². The molecule has 4 rings (SSSR count).